The zero-order valence-electron chi connectivity index (χ0n) is 19.7. The second kappa shape index (κ2) is 11.2. The van der Waals surface area contributed by atoms with E-state index in [9.17, 15) is 14.4 Å². The van der Waals surface area contributed by atoms with Gasteiger partial charge in [-0.2, -0.15) is 0 Å². The maximum atomic E-state index is 13.0. The number of ether oxygens (including phenoxy) is 3. The molecule has 3 aromatic carbocycles. The van der Waals surface area contributed by atoms with Gasteiger partial charge >= 0.3 is 5.97 Å². The third-order valence-corrected chi connectivity index (χ3v) is 7.24. The van der Waals surface area contributed by atoms with Crippen molar-refractivity contribution in [3.05, 3.63) is 91.4 Å². The number of halogens is 1. The summed E-state index contributed by atoms with van der Waals surface area (Å²) in [6.45, 7) is 2.16. The molecule has 1 fully saturated rings. The standard InChI is InChI=1S/C27H22INO6S/c1-16-6-4-5-7-19(16)15-29-25(30)23(36-27(29)32)14-17-12-21(28)24(22(13-17)34-3)35-26(31)18-8-10-20(33-2)11-9-18/h4-14H,15H2,1-3H3/b23-14-. The Morgan fingerprint density at radius 3 is 2.42 bits per heavy atom. The lowest BCUT2D eigenvalue weighted by Crippen LogP contribution is -2.27. The number of rotatable bonds is 7. The van der Waals surface area contributed by atoms with Crippen LogP contribution in [0.1, 0.15) is 27.0 Å². The summed E-state index contributed by atoms with van der Waals surface area (Å²) in [5, 5.41) is -0.318. The molecule has 0 radical (unpaired) electrons. The lowest BCUT2D eigenvalue weighted by atomic mass is 10.1. The highest BCUT2D eigenvalue weighted by atomic mass is 127. The molecular formula is C27H22INO6S. The quantitative estimate of drug-likeness (QED) is 0.138. The fraction of sp³-hybridized carbons (Fsp3) is 0.148. The molecule has 184 valence electrons. The molecule has 0 atom stereocenters. The summed E-state index contributed by atoms with van der Waals surface area (Å²) in [4.78, 5) is 39.8. The third kappa shape index (κ3) is 5.57. The summed E-state index contributed by atoms with van der Waals surface area (Å²) in [5.74, 6) is 0.334. The minimum Gasteiger partial charge on any atom is -0.497 e. The number of esters is 1. The molecule has 1 saturated heterocycles. The van der Waals surface area contributed by atoms with E-state index in [1.54, 1.807) is 49.6 Å². The highest BCUT2D eigenvalue weighted by molar-refractivity contribution is 14.1. The zero-order valence-corrected chi connectivity index (χ0v) is 22.7. The molecule has 0 aromatic heterocycles. The van der Waals surface area contributed by atoms with E-state index in [4.69, 9.17) is 14.2 Å². The first-order valence-corrected chi connectivity index (χ1v) is 12.7. The molecule has 0 bridgehead atoms. The van der Waals surface area contributed by atoms with Crippen molar-refractivity contribution in [3.8, 4) is 17.2 Å². The molecule has 1 aliphatic rings. The molecule has 0 unspecified atom stereocenters. The normalized spacial score (nSPS) is 14.3. The van der Waals surface area contributed by atoms with Crippen LogP contribution in [0, 0.1) is 10.5 Å². The number of methoxy groups -OCH3 is 2. The van der Waals surface area contributed by atoms with Gasteiger partial charge in [0.05, 0.1) is 34.8 Å². The summed E-state index contributed by atoms with van der Waals surface area (Å²) in [6, 6.07) is 17.6. The molecular weight excluding hydrogens is 593 g/mol. The lowest BCUT2D eigenvalue weighted by molar-refractivity contribution is -0.123. The molecule has 7 nitrogen and oxygen atoms in total. The summed E-state index contributed by atoms with van der Waals surface area (Å²) in [6.07, 6.45) is 1.64. The van der Waals surface area contributed by atoms with Crippen LogP contribution < -0.4 is 14.2 Å². The van der Waals surface area contributed by atoms with Crippen molar-refractivity contribution in [1.82, 2.24) is 4.90 Å². The summed E-state index contributed by atoms with van der Waals surface area (Å²) >= 11 is 2.94. The molecule has 3 aromatic rings. The van der Waals surface area contributed by atoms with Gasteiger partial charge in [-0.3, -0.25) is 14.5 Å². The topological polar surface area (TPSA) is 82.1 Å². The summed E-state index contributed by atoms with van der Waals surface area (Å²) < 4.78 is 16.8. The number of thioether (sulfide) groups is 1. The predicted octanol–water partition coefficient (Wildman–Crippen LogP) is 6.07. The van der Waals surface area contributed by atoms with E-state index in [0.717, 1.165) is 22.9 Å². The predicted molar refractivity (Wildman–Crippen MR) is 146 cm³/mol. The number of carbonyl (C=O) groups excluding carboxylic acids is 3. The monoisotopic (exact) mass is 615 g/mol. The van der Waals surface area contributed by atoms with Crippen LogP contribution in [0.2, 0.25) is 0 Å². The Balaban J connectivity index is 1.55. The number of hydrogen-bond donors (Lipinski definition) is 0. The number of hydrogen-bond acceptors (Lipinski definition) is 7. The molecule has 0 spiro atoms. The van der Waals surface area contributed by atoms with E-state index in [-0.39, 0.29) is 23.4 Å². The van der Waals surface area contributed by atoms with E-state index < -0.39 is 5.97 Å². The van der Waals surface area contributed by atoms with E-state index in [0.29, 0.717) is 31.1 Å². The molecule has 2 amide bonds. The van der Waals surface area contributed by atoms with Crippen LogP contribution in [0.25, 0.3) is 6.08 Å². The molecule has 36 heavy (non-hydrogen) atoms. The van der Waals surface area contributed by atoms with Crippen molar-refractivity contribution in [2.24, 2.45) is 0 Å². The molecule has 0 N–H and O–H groups in total. The fourth-order valence-corrected chi connectivity index (χ4v) is 5.12. The molecule has 9 heteroatoms. The summed E-state index contributed by atoms with van der Waals surface area (Å²) in [7, 11) is 3.02. The molecule has 0 aliphatic carbocycles. The van der Waals surface area contributed by atoms with Gasteiger partial charge in [0.15, 0.2) is 11.5 Å². The van der Waals surface area contributed by atoms with Crippen molar-refractivity contribution in [2.75, 3.05) is 14.2 Å². The Labute approximate surface area is 226 Å². The first kappa shape index (κ1) is 25.8. The Morgan fingerprint density at radius 1 is 1.03 bits per heavy atom. The second-order valence-electron chi connectivity index (χ2n) is 7.85. The first-order chi connectivity index (χ1) is 17.3. The Morgan fingerprint density at radius 2 is 1.75 bits per heavy atom. The number of aryl methyl sites for hydroxylation is 1. The second-order valence-corrected chi connectivity index (χ2v) is 10.0. The van der Waals surface area contributed by atoms with Crippen LogP contribution in [-0.2, 0) is 11.3 Å². The van der Waals surface area contributed by atoms with Crippen molar-refractivity contribution in [1.29, 1.82) is 0 Å². The number of nitrogens with zero attached hydrogens (tertiary/aromatic N) is 1. The molecule has 1 aliphatic heterocycles. The average molecular weight is 615 g/mol. The van der Waals surface area contributed by atoms with Crippen molar-refractivity contribution in [2.45, 2.75) is 13.5 Å². The minimum absolute atomic E-state index is 0.218. The number of imide groups is 1. The lowest BCUT2D eigenvalue weighted by Gasteiger charge is -2.14. The van der Waals surface area contributed by atoms with E-state index in [2.05, 4.69) is 0 Å². The SMILES string of the molecule is COc1ccc(C(=O)Oc2c(I)cc(/C=C3\SC(=O)N(Cc4ccccc4C)C3=O)cc2OC)cc1. The molecule has 4 rings (SSSR count). The fourth-order valence-electron chi connectivity index (χ4n) is 3.55. The van der Waals surface area contributed by atoms with Gasteiger partial charge in [-0.25, -0.2) is 4.79 Å². The summed E-state index contributed by atoms with van der Waals surface area (Å²) in [5.41, 5.74) is 2.93. The zero-order chi connectivity index (χ0) is 25.8. The average Bonchev–Trinajstić information content (AvgIpc) is 3.13. The highest BCUT2D eigenvalue weighted by Gasteiger charge is 2.35. The van der Waals surface area contributed by atoms with Crippen LogP contribution in [0.15, 0.2) is 65.6 Å². The van der Waals surface area contributed by atoms with Gasteiger partial charge in [-0.15, -0.1) is 0 Å². The van der Waals surface area contributed by atoms with Crippen molar-refractivity contribution >= 4 is 57.5 Å². The Bertz CT molecular complexity index is 1370. The van der Waals surface area contributed by atoms with Crippen LogP contribution in [0.3, 0.4) is 0 Å². The largest absolute Gasteiger partial charge is 0.497 e. The number of amides is 2. The molecule has 0 saturated carbocycles. The number of carbonyl (C=O) groups is 3. The van der Waals surface area contributed by atoms with Crippen LogP contribution >= 0.6 is 34.4 Å². The smallest absolute Gasteiger partial charge is 0.343 e. The van der Waals surface area contributed by atoms with Gasteiger partial charge in [-0.1, -0.05) is 24.3 Å². The van der Waals surface area contributed by atoms with E-state index >= 15 is 0 Å². The van der Waals surface area contributed by atoms with Crippen LogP contribution in [-0.4, -0.2) is 36.2 Å². The van der Waals surface area contributed by atoms with E-state index in [1.807, 2.05) is 53.8 Å². The number of benzene rings is 3. The maximum Gasteiger partial charge on any atom is 0.343 e. The maximum absolute atomic E-state index is 13.0. The highest BCUT2D eigenvalue weighted by Crippen LogP contribution is 2.38. The van der Waals surface area contributed by atoms with Gasteiger partial charge in [0.1, 0.15) is 5.75 Å². The molecule has 1 heterocycles. The van der Waals surface area contributed by atoms with Crippen LogP contribution in [0.5, 0.6) is 17.2 Å². The van der Waals surface area contributed by atoms with Crippen LogP contribution in [0.4, 0.5) is 4.79 Å². The Kier molecular flexibility index (Phi) is 8.00. The van der Waals surface area contributed by atoms with Gasteiger partial charge in [0.2, 0.25) is 0 Å². The van der Waals surface area contributed by atoms with Gasteiger partial charge in [0, 0.05) is 0 Å². The van der Waals surface area contributed by atoms with Gasteiger partial charge < -0.3 is 14.2 Å². The first-order valence-electron chi connectivity index (χ1n) is 10.8. The minimum atomic E-state index is -0.543. The third-order valence-electron chi connectivity index (χ3n) is 5.53. The van der Waals surface area contributed by atoms with Crippen molar-refractivity contribution < 1.29 is 28.6 Å². The van der Waals surface area contributed by atoms with Crippen molar-refractivity contribution in [3.63, 3.8) is 0 Å². The van der Waals surface area contributed by atoms with Gasteiger partial charge in [0.25, 0.3) is 11.1 Å². The Hall–Kier alpha value is -3.31. The van der Waals surface area contributed by atoms with Gasteiger partial charge in [-0.05, 0) is 100 Å². The van der Waals surface area contributed by atoms with E-state index in [1.165, 1.54) is 12.0 Å².